The maximum atomic E-state index is 13.7. The van der Waals surface area contributed by atoms with E-state index in [1.165, 1.54) is 10.2 Å². The molecule has 0 spiro atoms. The number of carbonyl (C=O) groups excluding carboxylic acids is 2. The zero-order valence-corrected chi connectivity index (χ0v) is 27.7. The van der Waals surface area contributed by atoms with Gasteiger partial charge in [0.15, 0.2) is 0 Å². The normalized spacial score (nSPS) is 33.9. The Morgan fingerprint density at radius 3 is 2.61 bits per heavy atom. The van der Waals surface area contributed by atoms with Crippen molar-refractivity contribution in [3.05, 3.63) is 78.5 Å². The van der Waals surface area contributed by atoms with E-state index in [1.807, 2.05) is 37.3 Å². The summed E-state index contributed by atoms with van der Waals surface area (Å²) in [4.78, 5) is 27.3. The van der Waals surface area contributed by atoms with E-state index in [0.29, 0.717) is 18.5 Å². The number of ether oxygens (including phenoxy) is 2. The zero-order valence-electron chi connectivity index (χ0n) is 27.7. The Labute approximate surface area is 272 Å². The fraction of sp³-hybridized carbons (Fsp3) is 0.526. The van der Waals surface area contributed by atoms with Gasteiger partial charge in [-0.05, 0) is 78.7 Å². The predicted molar refractivity (Wildman–Crippen MR) is 176 cm³/mol. The Morgan fingerprint density at radius 1 is 1.13 bits per heavy atom. The summed E-state index contributed by atoms with van der Waals surface area (Å²) in [6.07, 6.45) is 6.60. The molecular formula is C38H47N3O5. The van der Waals surface area contributed by atoms with Crippen molar-refractivity contribution < 1.29 is 24.2 Å². The van der Waals surface area contributed by atoms with Crippen LogP contribution in [0.15, 0.2) is 67.4 Å². The molecule has 1 heterocycles. The van der Waals surface area contributed by atoms with Crippen molar-refractivity contribution in [1.82, 2.24) is 15.0 Å². The van der Waals surface area contributed by atoms with Gasteiger partial charge < -0.3 is 14.6 Å². The minimum atomic E-state index is -0.698. The third-order valence-corrected chi connectivity index (χ3v) is 12.2. The van der Waals surface area contributed by atoms with E-state index in [9.17, 15) is 14.7 Å². The highest BCUT2D eigenvalue weighted by molar-refractivity contribution is 5.85. The summed E-state index contributed by atoms with van der Waals surface area (Å²) in [5.74, 6) is 0.477. The topological polar surface area (TPSA) is 104 Å². The van der Waals surface area contributed by atoms with Gasteiger partial charge in [-0.15, -0.1) is 11.7 Å². The van der Waals surface area contributed by atoms with Crippen molar-refractivity contribution in [3.63, 3.8) is 0 Å². The van der Waals surface area contributed by atoms with Crippen LogP contribution < -0.4 is 4.74 Å². The molecule has 2 aromatic carbocycles. The third-order valence-electron chi connectivity index (χ3n) is 12.2. The highest BCUT2D eigenvalue weighted by Crippen LogP contribution is 2.68. The molecule has 3 aliphatic rings. The first-order chi connectivity index (χ1) is 21.9. The number of carbonyl (C=O) groups is 2. The number of rotatable bonds is 8. The maximum absolute atomic E-state index is 13.7. The first-order valence-electron chi connectivity index (χ1n) is 16.6. The Morgan fingerprint density at radius 2 is 1.89 bits per heavy atom. The van der Waals surface area contributed by atoms with Crippen LogP contribution in [-0.2, 0) is 27.3 Å². The van der Waals surface area contributed by atoms with Crippen LogP contribution in [0.2, 0.25) is 0 Å². The van der Waals surface area contributed by atoms with Crippen molar-refractivity contribution in [1.29, 1.82) is 0 Å². The molecule has 0 aliphatic heterocycles. The van der Waals surface area contributed by atoms with Gasteiger partial charge in [0.1, 0.15) is 29.9 Å². The fourth-order valence-electron chi connectivity index (χ4n) is 9.16. The molecule has 3 saturated carbocycles. The number of aliphatic hydroxyl groups excluding tert-OH is 1. The summed E-state index contributed by atoms with van der Waals surface area (Å²) in [6, 6.07) is 16.2. The number of aromatic nitrogens is 3. The largest absolute Gasteiger partial charge is 0.497 e. The fourth-order valence-corrected chi connectivity index (χ4v) is 9.16. The number of hydrogen-bond donors (Lipinski definition) is 1. The van der Waals surface area contributed by atoms with E-state index >= 15 is 0 Å². The number of ketones is 1. The SMILES string of the molecule is C=C[C@]1(C)C[C@@H](OC(=O)Cn2cc(-c3cccc(Cc4ccc(OC)cc4)c3)nn2)[C@]2(C)[C@H](C)CC[C@]3(CCC(=O)[C@H]32)[C@@H](C)[C@@H]1O. The summed E-state index contributed by atoms with van der Waals surface area (Å²) in [6.45, 7) is 12.5. The molecule has 46 heavy (non-hydrogen) atoms. The summed E-state index contributed by atoms with van der Waals surface area (Å²) in [5.41, 5.74) is 2.34. The second-order valence-corrected chi connectivity index (χ2v) is 14.6. The summed E-state index contributed by atoms with van der Waals surface area (Å²) >= 11 is 0. The number of methoxy groups -OCH3 is 1. The van der Waals surface area contributed by atoms with Gasteiger partial charge in [0.05, 0.1) is 19.4 Å². The molecule has 244 valence electrons. The van der Waals surface area contributed by atoms with Gasteiger partial charge in [0.2, 0.25) is 0 Å². The van der Waals surface area contributed by atoms with E-state index in [-0.39, 0.29) is 35.5 Å². The predicted octanol–water partition coefficient (Wildman–Crippen LogP) is 6.45. The van der Waals surface area contributed by atoms with Crippen molar-refractivity contribution in [2.24, 2.45) is 34.0 Å². The molecule has 6 rings (SSSR count). The number of benzene rings is 2. The van der Waals surface area contributed by atoms with E-state index in [0.717, 1.165) is 42.6 Å². The molecule has 3 aliphatic carbocycles. The van der Waals surface area contributed by atoms with Crippen LogP contribution in [0, 0.1) is 34.0 Å². The van der Waals surface area contributed by atoms with Crippen LogP contribution in [0.3, 0.4) is 0 Å². The summed E-state index contributed by atoms with van der Waals surface area (Å²) in [5, 5.41) is 20.4. The molecule has 0 amide bonds. The van der Waals surface area contributed by atoms with Crippen molar-refractivity contribution in [2.45, 2.75) is 85.0 Å². The van der Waals surface area contributed by atoms with Crippen molar-refractivity contribution >= 4 is 11.8 Å². The lowest BCUT2D eigenvalue weighted by molar-refractivity contribution is -0.207. The van der Waals surface area contributed by atoms with Crippen LogP contribution >= 0.6 is 0 Å². The molecule has 0 saturated heterocycles. The van der Waals surface area contributed by atoms with E-state index < -0.39 is 29.0 Å². The number of esters is 1. The molecule has 2 bridgehead atoms. The Bertz CT molecular complexity index is 1620. The highest BCUT2D eigenvalue weighted by Gasteiger charge is 2.68. The number of aliphatic hydroxyl groups is 1. The zero-order chi connectivity index (χ0) is 32.9. The van der Waals surface area contributed by atoms with E-state index in [4.69, 9.17) is 9.47 Å². The number of nitrogens with zero attached hydrogens (tertiary/aromatic N) is 3. The Balaban J connectivity index is 1.22. The Kier molecular flexibility index (Phi) is 8.47. The molecule has 8 atom stereocenters. The van der Waals surface area contributed by atoms with Crippen LogP contribution in [0.5, 0.6) is 5.75 Å². The maximum Gasteiger partial charge on any atom is 0.328 e. The molecule has 1 aromatic heterocycles. The molecule has 8 nitrogen and oxygen atoms in total. The van der Waals surface area contributed by atoms with Gasteiger partial charge in [0, 0.05) is 28.7 Å². The minimum Gasteiger partial charge on any atom is -0.497 e. The number of Topliss-reactive ketones (excluding diaryl/α,β-unsaturated/α-hetero) is 1. The van der Waals surface area contributed by atoms with Crippen LogP contribution in [0.4, 0.5) is 0 Å². The second-order valence-electron chi connectivity index (χ2n) is 14.6. The molecule has 3 aromatic rings. The summed E-state index contributed by atoms with van der Waals surface area (Å²) < 4.78 is 13.2. The first kappa shape index (κ1) is 32.2. The van der Waals surface area contributed by atoms with E-state index in [1.54, 1.807) is 13.3 Å². The molecule has 8 heteroatoms. The van der Waals surface area contributed by atoms with Gasteiger partial charge >= 0.3 is 5.97 Å². The first-order valence-corrected chi connectivity index (χ1v) is 16.6. The van der Waals surface area contributed by atoms with Gasteiger partial charge in [-0.3, -0.25) is 9.59 Å². The second kappa shape index (κ2) is 12.1. The van der Waals surface area contributed by atoms with Gasteiger partial charge in [-0.2, -0.15) is 0 Å². The average Bonchev–Trinajstić information content (AvgIpc) is 3.67. The van der Waals surface area contributed by atoms with Crippen molar-refractivity contribution in [2.75, 3.05) is 7.11 Å². The molecular weight excluding hydrogens is 578 g/mol. The molecule has 1 N–H and O–H groups in total. The average molecular weight is 626 g/mol. The lowest BCUT2D eigenvalue weighted by Crippen LogP contribution is -2.63. The molecule has 0 radical (unpaired) electrons. The van der Waals surface area contributed by atoms with Crippen LogP contribution in [0.25, 0.3) is 11.3 Å². The quantitative estimate of drug-likeness (QED) is 0.227. The van der Waals surface area contributed by atoms with Crippen LogP contribution in [-0.4, -0.2) is 51.2 Å². The van der Waals surface area contributed by atoms with E-state index in [2.05, 4.69) is 61.9 Å². The van der Waals surface area contributed by atoms with Crippen molar-refractivity contribution in [3.8, 4) is 17.0 Å². The molecule has 0 unspecified atom stereocenters. The smallest absolute Gasteiger partial charge is 0.328 e. The lowest BCUT2D eigenvalue weighted by atomic mass is 9.44. The summed E-state index contributed by atoms with van der Waals surface area (Å²) in [7, 11) is 1.66. The minimum absolute atomic E-state index is 0.0706. The standard InChI is InChI=1S/C38H47N3O5/c1-7-36(4)21-32(37(5)24(2)15-17-38(25(3)35(36)44)18-16-31(42)34(37)38)46-33(43)23-41-22-30(39-40-41)28-10-8-9-27(20-28)19-26-11-13-29(45-6)14-12-26/h7-14,20,22,24-25,32,34-35,44H,1,15-19,21,23H2,2-6H3/t24-,25+,32-,34+,35+,36-,37+,38+/m1/s1. The molecule has 3 fully saturated rings. The van der Waals surface area contributed by atoms with Crippen LogP contribution in [0.1, 0.15) is 70.9 Å². The highest BCUT2D eigenvalue weighted by atomic mass is 16.5. The third kappa shape index (κ3) is 5.38. The van der Waals surface area contributed by atoms with Gasteiger partial charge in [-0.1, -0.05) is 69.3 Å². The van der Waals surface area contributed by atoms with Gasteiger partial charge in [0.25, 0.3) is 0 Å². The Hall–Kier alpha value is -3.78. The lowest BCUT2D eigenvalue weighted by Gasteiger charge is -2.61. The van der Waals surface area contributed by atoms with Gasteiger partial charge in [-0.25, -0.2) is 4.68 Å². The number of hydrogen-bond acceptors (Lipinski definition) is 7. The monoisotopic (exact) mass is 625 g/mol.